The molecule has 1 aliphatic rings. The van der Waals surface area contributed by atoms with Crippen molar-refractivity contribution in [3.63, 3.8) is 0 Å². The van der Waals surface area contributed by atoms with Gasteiger partial charge in [-0.25, -0.2) is 9.97 Å². The highest BCUT2D eigenvalue weighted by Crippen LogP contribution is 2.37. The fourth-order valence-electron chi connectivity index (χ4n) is 4.60. The molecule has 7 heteroatoms. The minimum Gasteiger partial charge on any atom is -0.361 e. The molecule has 0 aromatic carbocycles. The summed E-state index contributed by atoms with van der Waals surface area (Å²) in [5.74, 6) is 1.79. The average molecular weight is 434 g/mol. The van der Waals surface area contributed by atoms with Gasteiger partial charge >= 0.3 is 0 Å². The van der Waals surface area contributed by atoms with Crippen LogP contribution in [0, 0.1) is 20.8 Å². The van der Waals surface area contributed by atoms with Gasteiger partial charge in [0.1, 0.15) is 11.6 Å². The lowest BCUT2D eigenvalue weighted by atomic mass is 9.97. The summed E-state index contributed by atoms with van der Waals surface area (Å²) in [6, 6.07) is 1.98. The molecule has 0 unspecified atom stereocenters. The van der Waals surface area contributed by atoms with Crippen LogP contribution in [0.5, 0.6) is 0 Å². The van der Waals surface area contributed by atoms with E-state index in [0.717, 1.165) is 77.5 Å². The minimum atomic E-state index is -0.0339. The zero-order valence-corrected chi connectivity index (χ0v) is 19.4. The Bertz CT molecular complexity index is 1090. The van der Waals surface area contributed by atoms with Crippen molar-refractivity contribution in [2.45, 2.75) is 72.3 Å². The highest BCUT2D eigenvalue weighted by molar-refractivity contribution is 5.78. The van der Waals surface area contributed by atoms with Crippen LogP contribution in [0.25, 0.3) is 11.1 Å². The Morgan fingerprint density at radius 3 is 2.75 bits per heavy atom. The van der Waals surface area contributed by atoms with Gasteiger partial charge in [0, 0.05) is 49.1 Å². The molecule has 7 nitrogen and oxygen atoms in total. The van der Waals surface area contributed by atoms with E-state index in [1.807, 2.05) is 44.1 Å². The van der Waals surface area contributed by atoms with Gasteiger partial charge in [-0.3, -0.25) is 9.78 Å². The summed E-state index contributed by atoms with van der Waals surface area (Å²) >= 11 is 0. The molecule has 1 atom stereocenters. The molecule has 1 amide bonds. The van der Waals surface area contributed by atoms with Crippen molar-refractivity contribution in [2.75, 3.05) is 6.54 Å². The topological polar surface area (TPSA) is 85.0 Å². The fourth-order valence-corrected chi connectivity index (χ4v) is 4.60. The number of hydrogen-bond acceptors (Lipinski definition) is 6. The Hall–Kier alpha value is -3.09. The van der Waals surface area contributed by atoms with E-state index in [1.165, 1.54) is 0 Å². The zero-order valence-electron chi connectivity index (χ0n) is 19.4. The standard InChI is InChI=1S/C25H31N5O2/c1-5-7-23-27-15-21(19-11-12-26-14-16(19)2)25(28-23)22-8-6-13-30(22)24(31)10-9-20-17(3)29-32-18(20)4/h11-12,14-15,22H,5-10,13H2,1-4H3/t22-/m1/s1. The van der Waals surface area contributed by atoms with Crippen LogP contribution in [0.2, 0.25) is 0 Å². The van der Waals surface area contributed by atoms with E-state index in [4.69, 9.17) is 9.51 Å². The van der Waals surface area contributed by atoms with Crippen molar-refractivity contribution in [3.8, 4) is 11.1 Å². The lowest BCUT2D eigenvalue weighted by molar-refractivity contribution is -0.132. The third-order valence-electron chi connectivity index (χ3n) is 6.31. The summed E-state index contributed by atoms with van der Waals surface area (Å²) in [6.45, 7) is 8.76. The van der Waals surface area contributed by atoms with E-state index < -0.39 is 0 Å². The summed E-state index contributed by atoms with van der Waals surface area (Å²) in [5.41, 5.74) is 6.02. The first-order valence-electron chi connectivity index (χ1n) is 11.5. The highest BCUT2D eigenvalue weighted by atomic mass is 16.5. The molecule has 0 spiro atoms. The van der Waals surface area contributed by atoms with Crippen LogP contribution in [0.15, 0.2) is 29.2 Å². The van der Waals surface area contributed by atoms with Gasteiger partial charge in [-0.2, -0.15) is 0 Å². The van der Waals surface area contributed by atoms with E-state index in [1.54, 1.807) is 6.20 Å². The number of rotatable bonds is 7. The number of hydrogen-bond donors (Lipinski definition) is 0. The predicted octanol–water partition coefficient (Wildman–Crippen LogP) is 4.70. The lowest BCUT2D eigenvalue weighted by Gasteiger charge is -2.26. The Morgan fingerprint density at radius 1 is 1.19 bits per heavy atom. The molecule has 4 rings (SSSR count). The zero-order chi connectivity index (χ0) is 22.7. The van der Waals surface area contributed by atoms with Crippen molar-refractivity contribution in [1.82, 2.24) is 25.0 Å². The molecule has 1 fully saturated rings. The lowest BCUT2D eigenvalue weighted by Crippen LogP contribution is -2.31. The van der Waals surface area contributed by atoms with Gasteiger partial charge in [0.25, 0.3) is 0 Å². The molecule has 0 radical (unpaired) electrons. The Kier molecular flexibility index (Phi) is 6.63. The molecule has 1 aliphatic heterocycles. The van der Waals surface area contributed by atoms with E-state index in [2.05, 4.69) is 22.0 Å². The molecule has 4 heterocycles. The molecule has 168 valence electrons. The van der Waals surface area contributed by atoms with Gasteiger partial charge in [0.15, 0.2) is 0 Å². The molecule has 32 heavy (non-hydrogen) atoms. The molecule has 1 saturated heterocycles. The molecule has 0 N–H and O–H groups in total. The number of carbonyl (C=O) groups is 1. The summed E-state index contributed by atoms with van der Waals surface area (Å²) in [7, 11) is 0. The first kappa shape index (κ1) is 22.1. The molecule has 0 aliphatic carbocycles. The van der Waals surface area contributed by atoms with Crippen molar-refractivity contribution in [3.05, 3.63) is 58.8 Å². The Morgan fingerprint density at radius 2 is 2.03 bits per heavy atom. The smallest absolute Gasteiger partial charge is 0.223 e. The van der Waals surface area contributed by atoms with Crippen LogP contribution >= 0.6 is 0 Å². The number of pyridine rings is 1. The third kappa shape index (κ3) is 4.42. The summed E-state index contributed by atoms with van der Waals surface area (Å²) in [5, 5.41) is 4.01. The molecular formula is C25H31N5O2. The molecular weight excluding hydrogens is 402 g/mol. The maximum absolute atomic E-state index is 13.3. The van der Waals surface area contributed by atoms with Gasteiger partial charge in [-0.05, 0) is 63.6 Å². The van der Waals surface area contributed by atoms with Gasteiger partial charge in [0.05, 0.1) is 17.4 Å². The van der Waals surface area contributed by atoms with Crippen LogP contribution < -0.4 is 0 Å². The van der Waals surface area contributed by atoms with Crippen LogP contribution in [0.4, 0.5) is 0 Å². The van der Waals surface area contributed by atoms with Gasteiger partial charge in [-0.1, -0.05) is 12.1 Å². The Balaban J connectivity index is 1.64. The number of carbonyl (C=O) groups excluding carboxylic acids is 1. The van der Waals surface area contributed by atoms with Crippen LogP contribution in [-0.4, -0.2) is 37.5 Å². The van der Waals surface area contributed by atoms with Gasteiger partial charge in [0.2, 0.25) is 5.91 Å². The maximum Gasteiger partial charge on any atom is 0.223 e. The van der Waals surface area contributed by atoms with E-state index in [9.17, 15) is 4.79 Å². The minimum absolute atomic E-state index is 0.0339. The third-order valence-corrected chi connectivity index (χ3v) is 6.31. The first-order chi connectivity index (χ1) is 15.5. The monoisotopic (exact) mass is 433 g/mol. The summed E-state index contributed by atoms with van der Waals surface area (Å²) in [6.07, 6.45) is 10.4. The Labute approximate surface area is 189 Å². The largest absolute Gasteiger partial charge is 0.361 e. The number of likely N-dealkylation sites (tertiary alicyclic amines) is 1. The second-order valence-electron chi connectivity index (χ2n) is 8.57. The van der Waals surface area contributed by atoms with Gasteiger partial charge < -0.3 is 9.42 Å². The maximum atomic E-state index is 13.3. The summed E-state index contributed by atoms with van der Waals surface area (Å²) < 4.78 is 5.26. The van der Waals surface area contributed by atoms with Crippen LogP contribution in [0.3, 0.4) is 0 Å². The van der Waals surface area contributed by atoms with Crippen molar-refractivity contribution in [2.24, 2.45) is 0 Å². The number of aryl methyl sites for hydroxylation is 4. The molecule has 3 aromatic heterocycles. The average Bonchev–Trinajstić information content (AvgIpc) is 3.40. The predicted molar refractivity (Wildman–Crippen MR) is 122 cm³/mol. The summed E-state index contributed by atoms with van der Waals surface area (Å²) in [4.78, 5) is 29.1. The normalized spacial score (nSPS) is 16.0. The second kappa shape index (κ2) is 9.59. The highest BCUT2D eigenvalue weighted by Gasteiger charge is 2.33. The molecule has 3 aromatic rings. The van der Waals surface area contributed by atoms with E-state index in [-0.39, 0.29) is 11.9 Å². The van der Waals surface area contributed by atoms with Crippen molar-refractivity contribution in [1.29, 1.82) is 0 Å². The first-order valence-corrected chi connectivity index (χ1v) is 11.5. The molecule has 0 saturated carbocycles. The SMILES string of the molecule is CCCc1ncc(-c2ccncc2C)c([C@H]2CCCN2C(=O)CCc2c(C)noc2C)n1. The van der Waals surface area contributed by atoms with Crippen molar-refractivity contribution < 1.29 is 9.32 Å². The second-order valence-corrected chi connectivity index (χ2v) is 8.57. The number of nitrogens with zero attached hydrogens (tertiary/aromatic N) is 5. The fraction of sp³-hybridized carbons (Fsp3) is 0.480. The van der Waals surface area contributed by atoms with Gasteiger partial charge in [-0.15, -0.1) is 0 Å². The number of aromatic nitrogens is 4. The quantitative estimate of drug-likeness (QED) is 0.537. The number of amides is 1. The van der Waals surface area contributed by atoms with E-state index >= 15 is 0 Å². The molecule has 0 bridgehead atoms. The van der Waals surface area contributed by atoms with E-state index in [0.29, 0.717) is 12.8 Å². The van der Waals surface area contributed by atoms with Crippen LogP contribution in [-0.2, 0) is 17.6 Å². The van der Waals surface area contributed by atoms with Crippen LogP contribution in [0.1, 0.15) is 72.7 Å². The van der Waals surface area contributed by atoms with Crippen molar-refractivity contribution >= 4 is 5.91 Å².